The molecule has 0 saturated carbocycles. The summed E-state index contributed by atoms with van der Waals surface area (Å²) < 4.78 is 6.61. The lowest BCUT2D eigenvalue weighted by molar-refractivity contribution is -0.122. The maximum Gasteiger partial charge on any atom is 0.330 e. The summed E-state index contributed by atoms with van der Waals surface area (Å²) in [5.41, 5.74) is -2.33. The van der Waals surface area contributed by atoms with Gasteiger partial charge < -0.3 is 14.9 Å². The maximum atomic E-state index is 11.6. The van der Waals surface area contributed by atoms with E-state index in [1.165, 1.54) is 12.3 Å². The van der Waals surface area contributed by atoms with Gasteiger partial charge in [-0.05, 0) is 0 Å². The van der Waals surface area contributed by atoms with Crippen LogP contribution in [0.1, 0.15) is 12.6 Å². The van der Waals surface area contributed by atoms with Crippen molar-refractivity contribution in [3.63, 3.8) is 0 Å². The fourth-order valence-electron chi connectivity index (χ4n) is 1.95. The molecule has 100 valence electrons. The number of hydrogen-bond donors (Lipinski definition) is 3. The summed E-state index contributed by atoms with van der Waals surface area (Å²) in [6.45, 7) is -0.803. The van der Waals surface area contributed by atoms with Crippen molar-refractivity contribution in [3.05, 3.63) is 33.1 Å². The molecule has 8 heteroatoms. The molecule has 0 unspecified atom stereocenters. The Bertz CT molecular complexity index is 536. The molecular weight excluding hydrogens is 264 g/mol. The minimum Gasteiger partial charge on any atom is -0.393 e. The number of aliphatic hydroxyl groups is 2. The fourth-order valence-corrected chi connectivity index (χ4v) is 2.40. The van der Waals surface area contributed by atoms with Crippen molar-refractivity contribution >= 4 is 11.6 Å². The predicted octanol–water partition coefficient (Wildman–Crippen LogP) is -1.21. The van der Waals surface area contributed by atoms with Crippen molar-refractivity contribution in [2.24, 2.45) is 0 Å². The van der Waals surface area contributed by atoms with Crippen molar-refractivity contribution < 1.29 is 14.9 Å². The van der Waals surface area contributed by atoms with Crippen LogP contribution in [0.25, 0.3) is 0 Å². The molecule has 3 N–H and O–H groups in total. The average molecular weight is 277 g/mol. The lowest BCUT2D eigenvalue weighted by atomic mass is 10.0. The molecule has 0 aliphatic carbocycles. The van der Waals surface area contributed by atoms with E-state index < -0.39 is 41.7 Å². The van der Waals surface area contributed by atoms with Crippen LogP contribution in [0.15, 0.2) is 21.9 Å². The highest BCUT2D eigenvalue weighted by molar-refractivity contribution is 6.21. The number of hydrogen-bond acceptors (Lipinski definition) is 5. The highest BCUT2D eigenvalue weighted by atomic mass is 35.5. The van der Waals surface area contributed by atoms with Crippen LogP contribution in [0.4, 0.5) is 0 Å². The second-order valence-corrected chi connectivity index (χ2v) is 4.81. The zero-order chi connectivity index (χ0) is 13.3. The first-order valence-electron chi connectivity index (χ1n) is 5.36. The van der Waals surface area contributed by atoms with Gasteiger partial charge in [0.1, 0.15) is 5.60 Å². The number of aromatic nitrogens is 2. The normalized spacial score (nSPS) is 26.4. The lowest BCUT2D eigenvalue weighted by Gasteiger charge is -2.24. The number of nitrogens with one attached hydrogen (secondary N) is 1. The molecule has 1 saturated heterocycles. The summed E-state index contributed by atoms with van der Waals surface area (Å²) in [7, 11) is 0. The number of aliphatic hydroxyl groups excluding tert-OH is 2. The van der Waals surface area contributed by atoms with Gasteiger partial charge in [-0.3, -0.25) is 14.3 Å². The van der Waals surface area contributed by atoms with Gasteiger partial charge >= 0.3 is 5.69 Å². The van der Waals surface area contributed by atoms with Gasteiger partial charge in [0.2, 0.25) is 0 Å². The maximum absolute atomic E-state index is 11.6. The van der Waals surface area contributed by atoms with Gasteiger partial charge in [-0.15, -0.1) is 11.6 Å². The van der Waals surface area contributed by atoms with Crippen LogP contribution in [-0.4, -0.2) is 44.0 Å². The van der Waals surface area contributed by atoms with Crippen LogP contribution in [-0.2, 0) is 4.74 Å². The monoisotopic (exact) mass is 276 g/mol. The summed E-state index contributed by atoms with van der Waals surface area (Å²) >= 11 is 6.07. The molecule has 0 aromatic carbocycles. The average Bonchev–Trinajstić information content (AvgIpc) is 2.67. The Hall–Kier alpha value is -1.15. The first kappa shape index (κ1) is 13.3. The first-order chi connectivity index (χ1) is 8.51. The zero-order valence-corrected chi connectivity index (χ0v) is 10.1. The summed E-state index contributed by atoms with van der Waals surface area (Å²) in [6.07, 6.45) is 0.638. The minimum absolute atomic E-state index is 0.206. The van der Waals surface area contributed by atoms with E-state index in [1.54, 1.807) is 0 Å². The van der Waals surface area contributed by atoms with Gasteiger partial charge in [0, 0.05) is 18.7 Å². The lowest BCUT2D eigenvalue weighted by Crippen LogP contribution is -2.39. The molecule has 2 rings (SSSR count). The number of halogens is 1. The summed E-state index contributed by atoms with van der Waals surface area (Å²) in [5.74, 6) is 0. The van der Waals surface area contributed by atoms with Crippen LogP contribution in [0.3, 0.4) is 0 Å². The van der Waals surface area contributed by atoms with Crippen molar-refractivity contribution in [1.82, 2.24) is 9.55 Å². The Morgan fingerprint density at radius 2 is 2.17 bits per heavy atom. The van der Waals surface area contributed by atoms with E-state index in [1.807, 2.05) is 0 Å². The van der Waals surface area contributed by atoms with E-state index >= 15 is 0 Å². The van der Waals surface area contributed by atoms with E-state index in [2.05, 4.69) is 4.98 Å². The highest BCUT2D eigenvalue weighted by Crippen LogP contribution is 2.38. The SMILES string of the molecule is O=c1ccn([C@@H]2OC(CO)(CO)C[C@H]2Cl)c(=O)[nH]1. The quantitative estimate of drug-likeness (QED) is 0.601. The molecule has 0 radical (unpaired) electrons. The third-order valence-electron chi connectivity index (χ3n) is 2.95. The predicted molar refractivity (Wildman–Crippen MR) is 62.6 cm³/mol. The zero-order valence-electron chi connectivity index (χ0n) is 9.38. The summed E-state index contributed by atoms with van der Waals surface area (Å²) in [4.78, 5) is 24.6. The van der Waals surface area contributed by atoms with E-state index in [-0.39, 0.29) is 6.42 Å². The second kappa shape index (κ2) is 4.85. The first-order valence-corrected chi connectivity index (χ1v) is 5.80. The Morgan fingerprint density at radius 3 is 2.67 bits per heavy atom. The topological polar surface area (TPSA) is 105 Å². The fraction of sp³-hybridized carbons (Fsp3) is 0.600. The largest absolute Gasteiger partial charge is 0.393 e. The molecule has 0 spiro atoms. The Kier molecular flexibility index (Phi) is 3.58. The van der Waals surface area contributed by atoms with Crippen LogP contribution in [0.5, 0.6) is 0 Å². The third-order valence-corrected chi connectivity index (χ3v) is 3.32. The number of H-pyrrole nitrogens is 1. The van der Waals surface area contributed by atoms with Crippen LogP contribution in [0, 0.1) is 0 Å². The molecule has 1 aromatic rings. The molecule has 1 aliphatic rings. The van der Waals surface area contributed by atoms with Gasteiger partial charge in [-0.2, -0.15) is 0 Å². The number of nitrogens with zero attached hydrogens (tertiary/aromatic N) is 1. The smallest absolute Gasteiger partial charge is 0.330 e. The van der Waals surface area contributed by atoms with Gasteiger partial charge in [0.05, 0.1) is 18.6 Å². The van der Waals surface area contributed by atoms with Crippen LogP contribution in [0.2, 0.25) is 0 Å². The molecule has 1 aliphatic heterocycles. The van der Waals surface area contributed by atoms with Gasteiger partial charge in [0.25, 0.3) is 5.56 Å². The number of aromatic amines is 1. The van der Waals surface area contributed by atoms with Crippen molar-refractivity contribution in [2.45, 2.75) is 23.6 Å². The molecule has 0 amide bonds. The number of alkyl halides is 1. The van der Waals surface area contributed by atoms with Gasteiger partial charge in [-0.25, -0.2) is 4.79 Å². The second-order valence-electron chi connectivity index (χ2n) is 4.25. The molecule has 1 fully saturated rings. The number of ether oxygens (including phenoxy) is 1. The van der Waals surface area contributed by atoms with E-state index in [0.717, 1.165) is 4.57 Å². The van der Waals surface area contributed by atoms with Crippen LogP contribution >= 0.6 is 11.6 Å². The van der Waals surface area contributed by atoms with Crippen LogP contribution < -0.4 is 11.2 Å². The standard InChI is InChI=1S/C10H13ClN2O5/c11-6-3-10(4-14,5-15)18-8(6)13-2-1-7(16)12-9(13)17/h1-2,6,8,14-15H,3-5H2,(H,12,16,17)/t6-,8-/m1/s1. The molecule has 1 aromatic heterocycles. The van der Waals surface area contributed by atoms with Gasteiger partial charge in [-0.1, -0.05) is 0 Å². The van der Waals surface area contributed by atoms with E-state index in [9.17, 15) is 19.8 Å². The Labute approximate surface area is 107 Å². The molecule has 2 atom stereocenters. The minimum atomic E-state index is -1.16. The van der Waals surface area contributed by atoms with E-state index in [0.29, 0.717) is 0 Å². The third kappa shape index (κ3) is 2.22. The highest BCUT2D eigenvalue weighted by Gasteiger charge is 2.46. The molecule has 2 heterocycles. The van der Waals surface area contributed by atoms with Crippen molar-refractivity contribution in [3.8, 4) is 0 Å². The van der Waals surface area contributed by atoms with E-state index in [4.69, 9.17) is 16.3 Å². The molecule has 0 bridgehead atoms. The molecular formula is C10H13ClN2O5. The molecule has 18 heavy (non-hydrogen) atoms. The number of rotatable bonds is 3. The summed E-state index contributed by atoms with van der Waals surface area (Å²) in [6, 6.07) is 1.17. The Balaban J connectivity index is 2.35. The van der Waals surface area contributed by atoms with Gasteiger partial charge in [0.15, 0.2) is 6.23 Å². The Morgan fingerprint density at radius 1 is 1.50 bits per heavy atom. The van der Waals surface area contributed by atoms with Crippen molar-refractivity contribution in [2.75, 3.05) is 13.2 Å². The van der Waals surface area contributed by atoms with Crippen molar-refractivity contribution in [1.29, 1.82) is 0 Å². The molecule has 7 nitrogen and oxygen atoms in total. The summed E-state index contributed by atoms with van der Waals surface area (Å²) in [5, 5.41) is 17.9.